The van der Waals surface area contributed by atoms with E-state index in [0.29, 0.717) is 5.56 Å². The minimum absolute atomic E-state index is 0.0999. The maximum absolute atomic E-state index is 12.7. The van der Waals surface area contributed by atoms with Crippen molar-refractivity contribution in [3.8, 4) is 11.4 Å². The van der Waals surface area contributed by atoms with Crippen LogP contribution in [0.25, 0.3) is 11.4 Å². The van der Waals surface area contributed by atoms with E-state index in [1.165, 1.54) is 18.2 Å². The quantitative estimate of drug-likeness (QED) is 0.599. The molecular weight excluding hydrogens is 449 g/mol. The molecule has 1 amide bonds. The maximum Gasteiger partial charge on any atom is 0.471 e. The van der Waals surface area contributed by atoms with E-state index in [1.807, 2.05) is 0 Å². The lowest BCUT2D eigenvalue weighted by Gasteiger charge is -2.17. The number of amides is 1. The van der Waals surface area contributed by atoms with E-state index in [-0.39, 0.29) is 16.1 Å². The van der Waals surface area contributed by atoms with E-state index in [2.05, 4.69) is 14.7 Å². The number of alkyl halides is 3. The lowest BCUT2D eigenvalue weighted by Crippen LogP contribution is -2.23. The summed E-state index contributed by atoms with van der Waals surface area (Å²) in [5.74, 6) is -4.29. The standard InChI is InChI=1S/C17H12ClF3N4O4S/c18-11-4-2-1-3-9(11)13(14(22)26)8-5-6-10(12(7-8)30(23,27)28)15-24-16(29-25-15)17(19,20)21/h1-7,13H,(H2,22,26)(H2,23,27,28). The molecule has 0 aliphatic rings. The van der Waals surface area contributed by atoms with E-state index in [1.54, 1.807) is 12.1 Å². The number of carbonyl (C=O) groups excluding carboxylic acids is 1. The van der Waals surface area contributed by atoms with Gasteiger partial charge in [-0.25, -0.2) is 13.6 Å². The molecule has 13 heteroatoms. The summed E-state index contributed by atoms with van der Waals surface area (Å²) in [5, 5.41) is 8.60. The fraction of sp³-hybridized carbons (Fsp3) is 0.118. The summed E-state index contributed by atoms with van der Waals surface area (Å²) < 4.78 is 66.5. The molecule has 2 aromatic carbocycles. The smallest absolute Gasteiger partial charge is 0.369 e. The van der Waals surface area contributed by atoms with Crippen LogP contribution in [-0.4, -0.2) is 24.5 Å². The molecule has 3 rings (SSSR count). The first kappa shape index (κ1) is 21.7. The second-order valence-electron chi connectivity index (χ2n) is 6.08. The Morgan fingerprint density at radius 2 is 1.83 bits per heavy atom. The number of hydrogen-bond acceptors (Lipinski definition) is 6. The van der Waals surface area contributed by atoms with E-state index in [0.717, 1.165) is 12.1 Å². The van der Waals surface area contributed by atoms with Crippen LogP contribution in [-0.2, 0) is 21.0 Å². The molecule has 8 nitrogen and oxygen atoms in total. The number of rotatable bonds is 5. The Kier molecular flexibility index (Phi) is 5.58. The third kappa shape index (κ3) is 4.30. The van der Waals surface area contributed by atoms with Gasteiger partial charge < -0.3 is 10.3 Å². The number of hydrogen-bond donors (Lipinski definition) is 2. The average Bonchev–Trinajstić information content (AvgIpc) is 3.13. The summed E-state index contributed by atoms with van der Waals surface area (Å²) in [7, 11) is -4.47. The van der Waals surface area contributed by atoms with Gasteiger partial charge in [0.05, 0.1) is 10.8 Å². The molecular formula is C17H12ClF3N4O4S. The molecule has 0 radical (unpaired) electrons. The van der Waals surface area contributed by atoms with Gasteiger partial charge >= 0.3 is 12.1 Å². The number of sulfonamides is 1. The summed E-state index contributed by atoms with van der Waals surface area (Å²) >= 11 is 6.13. The van der Waals surface area contributed by atoms with Crippen LogP contribution < -0.4 is 10.9 Å². The van der Waals surface area contributed by atoms with Gasteiger partial charge in [-0.05, 0) is 29.3 Å². The maximum atomic E-state index is 12.7. The zero-order valence-electron chi connectivity index (χ0n) is 14.7. The number of nitrogens with two attached hydrogens (primary N) is 2. The van der Waals surface area contributed by atoms with Crippen molar-refractivity contribution in [3.63, 3.8) is 0 Å². The number of primary amides is 1. The normalized spacial score (nSPS) is 13.2. The van der Waals surface area contributed by atoms with Crippen molar-refractivity contribution in [2.24, 2.45) is 10.9 Å². The lowest BCUT2D eigenvalue weighted by molar-refractivity contribution is -0.159. The van der Waals surface area contributed by atoms with Crippen LogP contribution >= 0.6 is 11.6 Å². The first-order valence-corrected chi connectivity index (χ1v) is 9.94. The van der Waals surface area contributed by atoms with E-state index < -0.39 is 44.6 Å². The van der Waals surface area contributed by atoms with Gasteiger partial charge in [-0.2, -0.15) is 18.2 Å². The van der Waals surface area contributed by atoms with Crippen LogP contribution in [0.3, 0.4) is 0 Å². The fourth-order valence-corrected chi connectivity index (χ4v) is 3.80. The van der Waals surface area contributed by atoms with Crippen molar-refractivity contribution >= 4 is 27.5 Å². The average molecular weight is 461 g/mol. The third-order valence-electron chi connectivity index (χ3n) is 4.06. The molecule has 4 N–H and O–H groups in total. The van der Waals surface area contributed by atoms with Gasteiger partial charge in [-0.3, -0.25) is 4.79 Å². The zero-order valence-corrected chi connectivity index (χ0v) is 16.3. The molecule has 3 aromatic rings. The third-order valence-corrected chi connectivity index (χ3v) is 5.35. The largest absolute Gasteiger partial charge is 0.471 e. The van der Waals surface area contributed by atoms with E-state index >= 15 is 0 Å². The highest BCUT2D eigenvalue weighted by Gasteiger charge is 2.39. The Balaban J connectivity index is 2.19. The lowest BCUT2D eigenvalue weighted by atomic mass is 9.90. The van der Waals surface area contributed by atoms with E-state index in [4.69, 9.17) is 22.5 Å². The van der Waals surface area contributed by atoms with Crippen LogP contribution in [0.15, 0.2) is 51.9 Å². The Hall–Kier alpha value is -2.96. The van der Waals surface area contributed by atoms with Gasteiger partial charge in [0.25, 0.3) is 0 Å². The van der Waals surface area contributed by atoms with Crippen molar-refractivity contribution in [2.75, 3.05) is 0 Å². The Bertz CT molecular complexity index is 1230. The molecule has 1 unspecified atom stereocenters. The highest BCUT2D eigenvalue weighted by Crippen LogP contribution is 2.35. The predicted molar refractivity (Wildman–Crippen MR) is 98.6 cm³/mol. The van der Waals surface area contributed by atoms with Gasteiger partial charge in [0.2, 0.25) is 21.8 Å². The van der Waals surface area contributed by atoms with Gasteiger partial charge in [0.15, 0.2) is 0 Å². The van der Waals surface area contributed by atoms with Gasteiger partial charge in [0.1, 0.15) is 0 Å². The van der Waals surface area contributed by atoms with Crippen molar-refractivity contribution in [1.29, 1.82) is 0 Å². The molecule has 0 aliphatic heterocycles. The molecule has 0 aliphatic carbocycles. The number of halogens is 4. The van der Waals surface area contributed by atoms with Crippen molar-refractivity contribution < 1.29 is 30.9 Å². The van der Waals surface area contributed by atoms with Crippen molar-refractivity contribution in [3.05, 3.63) is 64.5 Å². The number of aromatic nitrogens is 2. The molecule has 0 saturated heterocycles. The molecule has 0 fully saturated rings. The highest BCUT2D eigenvalue weighted by atomic mass is 35.5. The summed E-state index contributed by atoms with van der Waals surface area (Å²) in [5.41, 5.74) is 5.55. The van der Waals surface area contributed by atoms with Gasteiger partial charge in [-0.1, -0.05) is 41.0 Å². The fourth-order valence-electron chi connectivity index (χ4n) is 2.79. The number of nitrogens with zero attached hydrogens (tertiary/aromatic N) is 2. The number of benzene rings is 2. The van der Waals surface area contributed by atoms with Crippen molar-refractivity contribution in [1.82, 2.24) is 10.1 Å². The molecule has 0 saturated carbocycles. The highest BCUT2D eigenvalue weighted by molar-refractivity contribution is 7.89. The summed E-state index contributed by atoms with van der Waals surface area (Å²) in [6, 6.07) is 9.66. The van der Waals surface area contributed by atoms with E-state index in [9.17, 15) is 26.4 Å². The molecule has 30 heavy (non-hydrogen) atoms. The topological polar surface area (TPSA) is 142 Å². The number of carbonyl (C=O) groups is 1. The summed E-state index contributed by atoms with van der Waals surface area (Å²) in [4.78, 5) is 14.7. The summed E-state index contributed by atoms with van der Waals surface area (Å²) in [6.07, 6.45) is -4.92. The molecule has 0 spiro atoms. The molecule has 0 bridgehead atoms. The Morgan fingerprint density at radius 3 is 2.37 bits per heavy atom. The minimum atomic E-state index is -4.92. The second kappa shape index (κ2) is 7.70. The van der Waals surface area contributed by atoms with Crippen LogP contribution in [0.1, 0.15) is 22.9 Å². The predicted octanol–water partition coefficient (Wildman–Crippen LogP) is 2.67. The first-order chi connectivity index (χ1) is 13.9. The SMILES string of the molecule is NC(=O)C(c1ccc(-c2noc(C(F)(F)F)n2)c(S(N)(=O)=O)c1)c1ccccc1Cl. The molecule has 1 heterocycles. The van der Waals surface area contributed by atoms with Crippen LogP contribution in [0.4, 0.5) is 13.2 Å². The monoisotopic (exact) mass is 460 g/mol. The van der Waals surface area contributed by atoms with Crippen molar-refractivity contribution in [2.45, 2.75) is 17.0 Å². The zero-order chi connectivity index (χ0) is 22.3. The minimum Gasteiger partial charge on any atom is -0.369 e. The van der Waals surface area contributed by atoms with Gasteiger partial charge in [0, 0.05) is 10.6 Å². The molecule has 1 atom stereocenters. The second-order valence-corrected chi connectivity index (χ2v) is 8.02. The molecule has 1 aromatic heterocycles. The van der Waals surface area contributed by atoms with Crippen LogP contribution in [0.5, 0.6) is 0 Å². The molecule has 158 valence electrons. The summed E-state index contributed by atoms with van der Waals surface area (Å²) in [6.45, 7) is 0. The van der Waals surface area contributed by atoms with Crippen LogP contribution in [0, 0.1) is 0 Å². The van der Waals surface area contributed by atoms with Gasteiger partial charge in [-0.15, -0.1) is 0 Å². The Labute approximate surface area is 172 Å². The van der Waals surface area contributed by atoms with Crippen LogP contribution in [0.2, 0.25) is 5.02 Å². The number of primary sulfonamides is 1. The first-order valence-electron chi connectivity index (χ1n) is 8.01. The Morgan fingerprint density at radius 1 is 1.17 bits per heavy atom.